The number of rotatable bonds is 2. The Morgan fingerprint density at radius 2 is 2.00 bits per heavy atom. The summed E-state index contributed by atoms with van der Waals surface area (Å²) in [5, 5.41) is 7.54. The maximum absolute atomic E-state index is 12.7. The van der Waals surface area contributed by atoms with Crippen LogP contribution in [0.5, 0.6) is 0 Å². The second-order valence-electron chi connectivity index (χ2n) is 6.58. The Morgan fingerprint density at radius 1 is 1.25 bits per heavy atom. The third-order valence-corrected chi connectivity index (χ3v) is 4.75. The summed E-state index contributed by atoms with van der Waals surface area (Å²) in [5.41, 5.74) is 3.71. The lowest BCUT2D eigenvalue weighted by Crippen LogP contribution is -2.49. The second kappa shape index (κ2) is 5.09. The summed E-state index contributed by atoms with van der Waals surface area (Å²) in [6, 6.07) is 6.09. The Labute approximate surface area is 138 Å². The van der Waals surface area contributed by atoms with Crippen molar-refractivity contribution in [1.29, 1.82) is 0 Å². The number of likely N-dealkylation sites (tertiary alicyclic amines) is 1. The lowest BCUT2D eigenvalue weighted by Gasteiger charge is -2.38. The van der Waals surface area contributed by atoms with E-state index in [0.717, 1.165) is 16.5 Å². The van der Waals surface area contributed by atoms with Crippen molar-refractivity contribution < 1.29 is 4.79 Å². The number of H-pyrrole nitrogens is 2. The van der Waals surface area contributed by atoms with Gasteiger partial charge in [0.05, 0.1) is 5.92 Å². The molecule has 2 N–H and O–H groups in total. The monoisotopic (exact) mass is 325 g/mol. The fourth-order valence-electron chi connectivity index (χ4n) is 3.43. The highest BCUT2D eigenvalue weighted by Gasteiger charge is 2.35. The third-order valence-electron chi connectivity index (χ3n) is 4.75. The SMILES string of the molecule is Cc1cc(C)c2[nH]c(C(=O)N3CC(c4n[nH]c(=O)n4C)C3)cc2c1. The van der Waals surface area contributed by atoms with Crippen LogP contribution in [0.25, 0.3) is 10.9 Å². The Hall–Kier alpha value is -2.83. The summed E-state index contributed by atoms with van der Waals surface area (Å²) in [7, 11) is 1.69. The van der Waals surface area contributed by atoms with Crippen molar-refractivity contribution in [3.05, 3.63) is 51.3 Å². The first kappa shape index (κ1) is 14.7. The molecule has 0 saturated carbocycles. The zero-order chi connectivity index (χ0) is 17.0. The molecular formula is C17H19N5O2. The zero-order valence-corrected chi connectivity index (χ0v) is 13.9. The van der Waals surface area contributed by atoms with Gasteiger partial charge >= 0.3 is 5.69 Å². The first-order chi connectivity index (χ1) is 11.4. The number of aromatic nitrogens is 4. The predicted molar refractivity (Wildman–Crippen MR) is 90.2 cm³/mol. The van der Waals surface area contributed by atoms with E-state index in [4.69, 9.17) is 0 Å². The largest absolute Gasteiger partial charge is 0.350 e. The summed E-state index contributed by atoms with van der Waals surface area (Å²) < 4.78 is 1.50. The number of carbonyl (C=O) groups is 1. The van der Waals surface area contributed by atoms with Gasteiger partial charge < -0.3 is 9.88 Å². The topological polar surface area (TPSA) is 86.8 Å². The highest BCUT2D eigenvalue weighted by atomic mass is 16.2. The van der Waals surface area contributed by atoms with E-state index in [9.17, 15) is 9.59 Å². The molecule has 1 fully saturated rings. The van der Waals surface area contributed by atoms with Gasteiger partial charge in [0.15, 0.2) is 0 Å². The maximum atomic E-state index is 12.7. The van der Waals surface area contributed by atoms with E-state index in [-0.39, 0.29) is 17.5 Å². The van der Waals surface area contributed by atoms with Crippen LogP contribution in [0.2, 0.25) is 0 Å². The number of carbonyl (C=O) groups excluding carboxylic acids is 1. The Balaban J connectivity index is 1.54. The summed E-state index contributed by atoms with van der Waals surface area (Å²) in [6.45, 7) is 5.24. The molecule has 1 aromatic carbocycles. The van der Waals surface area contributed by atoms with Gasteiger partial charge in [0, 0.05) is 31.0 Å². The number of nitrogens with one attached hydrogen (secondary N) is 2. The molecule has 0 aliphatic carbocycles. The van der Waals surface area contributed by atoms with Gasteiger partial charge in [-0.15, -0.1) is 0 Å². The molecule has 4 rings (SSSR count). The van der Waals surface area contributed by atoms with E-state index in [1.807, 2.05) is 13.0 Å². The van der Waals surface area contributed by atoms with Crippen molar-refractivity contribution in [2.75, 3.05) is 13.1 Å². The van der Waals surface area contributed by atoms with E-state index < -0.39 is 0 Å². The van der Waals surface area contributed by atoms with Crippen LogP contribution in [0.3, 0.4) is 0 Å². The molecular weight excluding hydrogens is 306 g/mol. The number of hydrogen-bond donors (Lipinski definition) is 2. The second-order valence-corrected chi connectivity index (χ2v) is 6.58. The summed E-state index contributed by atoms with van der Waals surface area (Å²) in [4.78, 5) is 29.1. The van der Waals surface area contributed by atoms with Crippen LogP contribution in [0, 0.1) is 13.8 Å². The summed E-state index contributed by atoms with van der Waals surface area (Å²) in [6.07, 6.45) is 0. The van der Waals surface area contributed by atoms with Gasteiger partial charge in [-0.1, -0.05) is 11.6 Å². The molecule has 0 spiro atoms. The lowest BCUT2D eigenvalue weighted by molar-refractivity contribution is 0.0586. The molecule has 24 heavy (non-hydrogen) atoms. The Kier molecular flexibility index (Phi) is 3.13. The number of amides is 1. The Morgan fingerprint density at radius 3 is 2.67 bits per heavy atom. The van der Waals surface area contributed by atoms with Crippen molar-refractivity contribution in [1.82, 2.24) is 24.6 Å². The summed E-state index contributed by atoms with van der Waals surface area (Å²) in [5.74, 6) is 0.790. The van der Waals surface area contributed by atoms with E-state index >= 15 is 0 Å². The Bertz CT molecular complexity index is 1000. The quantitative estimate of drug-likeness (QED) is 0.747. The van der Waals surface area contributed by atoms with Crippen LogP contribution in [0.1, 0.15) is 33.4 Å². The van der Waals surface area contributed by atoms with Gasteiger partial charge in [0.2, 0.25) is 0 Å². The molecule has 0 unspecified atom stereocenters. The maximum Gasteiger partial charge on any atom is 0.343 e. The van der Waals surface area contributed by atoms with Crippen LogP contribution >= 0.6 is 0 Å². The minimum atomic E-state index is -0.226. The third kappa shape index (κ3) is 2.16. The van der Waals surface area contributed by atoms with Crippen LogP contribution in [-0.4, -0.2) is 43.6 Å². The molecule has 3 aromatic rings. The molecule has 1 amide bonds. The molecule has 1 aliphatic heterocycles. The van der Waals surface area contributed by atoms with Gasteiger partial charge in [-0.05, 0) is 31.5 Å². The highest BCUT2D eigenvalue weighted by molar-refractivity contribution is 5.99. The average Bonchev–Trinajstić information content (AvgIpc) is 3.04. The van der Waals surface area contributed by atoms with Crippen molar-refractivity contribution in [3.8, 4) is 0 Å². The van der Waals surface area contributed by atoms with Crippen molar-refractivity contribution in [2.24, 2.45) is 7.05 Å². The number of aryl methyl sites for hydroxylation is 2. The van der Waals surface area contributed by atoms with Gasteiger partial charge in [0.25, 0.3) is 5.91 Å². The normalized spacial score (nSPS) is 15.0. The molecule has 0 radical (unpaired) electrons. The molecule has 1 aliphatic rings. The first-order valence-corrected chi connectivity index (χ1v) is 7.94. The van der Waals surface area contributed by atoms with Gasteiger partial charge in [-0.2, -0.15) is 5.10 Å². The zero-order valence-electron chi connectivity index (χ0n) is 13.9. The van der Waals surface area contributed by atoms with E-state index in [1.54, 1.807) is 11.9 Å². The lowest BCUT2D eigenvalue weighted by atomic mass is 9.98. The molecule has 3 heterocycles. The molecule has 124 valence electrons. The van der Waals surface area contributed by atoms with E-state index in [2.05, 4.69) is 34.2 Å². The van der Waals surface area contributed by atoms with Gasteiger partial charge in [0.1, 0.15) is 11.5 Å². The smallest absolute Gasteiger partial charge is 0.343 e. The standard InChI is InChI=1S/C17H19N5O2/c1-9-4-10(2)14-11(5-9)6-13(18-14)16(23)22-7-12(8-22)15-19-20-17(24)21(15)3/h4-6,12,18H,7-8H2,1-3H3,(H,20,24). The number of aromatic amines is 2. The predicted octanol–water partition coefficient (Wildman–Crippen LogP) is 1.45. The fraction of sp³-hybridized carbons (Fsp3) is 0.353. The molecule has 2 aromatic heterocycles. The van der Waals surface area contributed by atoms with Crippen molar-refractivity contribution in [2.45, 2.75) is 19.8 Å². The van der Waals surface area contributed by atoms with Crippen LogP contribution in [0.4, 0.5) is 0 Å². The van der Waals surface area contributed by atoms with Gasteiger partial charge in [-0.25, -0.2) is 9.89 Å². The van der Waals surface area contributed by atoms with Crippen LogP contribution < -0.4 is 5.69 Å². The molecule has 7 nitrogen and oxygen atoms in total. The van der Waals surface area contributed by atoms with Crippen LogP contribution in [-0.2, 0) is 7.05 Å². The number of nitrogens with zero attached hydrogens (tertiary/aromatic N) is 3. The number of hydrogen-bond acceptors (Lipinski definition) is 3. The van der Waals surface area contributed by atoms with Crippen molar-refractivity contribution >= 4 is 16.8 Å². The van der Waals surface area contributed by atoms with Gasteiger partial charge in [-0.3, -0.25) is 9.36 Å². The summed E-state index contributed by atoms with van der Waals surface area (Å²) >= 11 is 0. The minimum Gasteiger partial charge on any atom is -0.350 e. The number of fused-ring (bicyclic) bond motifs is 1. The fourth-order valence-corrected chi connectivity index (χ4v) is 3.43. The molecule has 0 bridgehead atoms. The van der Waals surface area contributed by atoms with E-state index in [0.29, 0.717) is 24.6 Å². The van der Waals surface area contributed by atoms with Crippen LogP contribution in [0.15, 0.2) is 23.0 Å². The highest BCUT2D eigenvalue weighted by Crippen LogP contribution is 2.27. The molecule has 1 saturated heterocycles. The van der Waals surface area contributed by atoms with E-state index in [1.165, 1.54) is 10.1 Å². The average molecular weight is 325 g/mol. The molecule has 7 heteroatoms. The minimum absolute atomic E-state index is 0.0139. The molecule has 0 atom stereocenters. The number of benzene rings is 1. The first-order valence-electron chi connectivity index (χ1n) is 7.94. The van der Waals surface area contributed by atoms with Crippen molar-refractivity contribution in [3.63, 3.8) is 0 Å².